The van der Waals surface area contributed by atoms with Gasteiger partial charge in [-0.2, -0.15) is 0 Å². The number of hydrogen-bond acceptors (Lipinski definition) is 3. The van der Waals surface area contributed by atoms with E-state index in [4.69, 9.17) is 9.84 Å². The van der Waals surface area contributed by atoms with E-state index >= 15 is 0 Å². The van der Waals surface area contributed by atoms with E-state index in [-0.39, 0.29) is 5.56 Å². The second-order valence-electron chi connectivity index (χ2n) is 4.00. The van der Waals surface area contributed by atoms with Crippen LogP contribution in [0.3, 0.4) is 0 Å². The van der Waals surface area contributed by atoms with Crippen molar-refractivity contribution in [1.82, 2.24) is 4.57 Å². The largest absolute Gasteiger partial charge is 0.497 e. The molecule has 0 aliphatic heterocycles. The molecule has 0 fully saturated rings. The number of hydrogen-bond donors (Lipinski definition) is 1. The first-order valence-corrected chi connectivity index (χ1v) is 5.46. The SMILES string of the molecule is COc1ccc2c(=O)n(C(C)C(=O)O)ccc2c1. The molecule has 5 nitrogen and oxygen atoms in total. The summed E-state index contributed by atoms with van der Waals surface area (Å²) in [6, 6.07) is 5.88. The van der Waals surface area contributed by atoms with Gasteiger partial charge in [-0.3, -0.25) is 4.79 Å². The summed E-state index contributed by atoms with van der Waals surface area (Å²) in [7, 11) is 1.55. The number of benzene rings is 1. The summed E-state index contributed by atoms with van der Waals surface area (Å²) in [5.41, 5.74) is -0.315. The Morgan fingerprint density at radius 2 is 2.11 bits per heavy atom. The zero-order valence-electron chi connectivity index (χ0n) is 10.1. The van der Waals surface area contributed by atoms with Crippen LogP contribution in [-0.2, 0) is 4.79 Å². The highest BCUT2D eigenvalue weighted by molar-refractivity contribution is 5.83. The summed E-state index contributed by atoms with van der Waals surface area (Å²) >= 11 is 0. The minimum absolute atomic E-state index is 0.315. The highest BCUT2D eigenvalue weighted by Crippen LogP contribution is 2.18. The van der Waals surface area contributed by atoms with E-state index in [1.165, 1.54) is 17.7 Å². The molecule has 1 unspecified atom stereocenters. The fourth-order valence-corrected chi connectivity index (χ4v) is 1.79. The number of ether oxygens (including phenoxy) is 1. The summed E-state index contributed by atoms with van der Waals surface area (Å²) < 4.78 is 6.28. The number of methoxy groups -OCH3 is 1. The number of aliphatic carboxylic acids is 1. The molecule has 2 aromatic rings. The van der Waals surface area contributed by atoms with Gasteiger partial charge in [-0.25, -0.2) is 4.79 Å². The van der Waals surface area contributed by atoms with Gasteiger partial charge in [0.05, 0.1) is 7.11 Å². The number of rotatable bonds is 3. The van der Waals surface area contributed by atoms with Gasteiger partial charge in [-0.15, -0.1) is 0 Å². The van der Waals surface area contributed by atoms with Gasteiger partial charge in [-0.1, -0.05) is 0 Å². The monoisotopic (exact) mass is 247 g/mol. The van der Waals surface area contributed by atoms with Crippen LogP contribution in [0.15, 0.2) is 35.3 Å². The van der Waals surface area contributed by atoms with Crippen LogP contribution in [0.5, 0.6) is 5.75 Å². The van der Waals surface area contributed by atoms with Crippen LogP contribution in [0, 0.1) is 0 Å². The van der Waals surface area contributed by atoms with Crippen LogP contribution in [0.25, 0.3) is 10.8 Å². The van der Waals surface area contributed by atoms with Crippen molar-refractivity contribution in [3.63, 3.8) is 0 Å². The Balaban J connectivity index is 2.65. The third-order valence-corrected chi connectivity index (χ3v) is 2.91. The first kappa shape index (κ1) is 12.2. The van der Waals surface area contributed by atoms with Crippen LogP contribution in [-0.4, -0.2) is 22.8 Å². The van der Waals surface area contributed by atoms with E-state index in [9.17, 15) is 9.59 Å². The molecule has 0 spiro atoms. The minimum Gasteiger partial charge on any atom is -0.497 e. The number of pyridine rings is 1. The first-order valence-electron chi connectivity index (χ1n) is 5.46. The Bertz CT molecular complexity index is 660. The Kier molecular flexibility index (Phi) is 3.06. The molecule has 1 heterocycles. The number of fused-ring (bicyclic) bond motifs is 1. The molecule has 18 heavy (non-hydrogen) atoms. The Morgan fingerprint density at radius 1 is 1.39 bits per heavy atom. The number of carboxylic acids is 1. The molecule has 0 radical (unpaired) electrons. The van der Waals surface area contributed by atoms with Gasteiger partial charge in [0.25, 0.3) is 5.56 Å². The standard InChI is InChI=1S/C13H13NO4/c1-8(13(16)17)14-6-5-9-7-10(18-2)3-4-11(9)12(14)15/h3-8H,1-2H3,(H,16,17). The average Bonchev–Trinajstić information content (AvgIpc) is 2.37. The van der Waals surface area contributed by atoms with Crippen LogP contribution in [0.4, 0.5) is 0 Å². The van der Waals surface area contributed by atoms with Gasteiger partial charge in [0.2, 0.25) is 0 Å². The van der Waals surface area contributed by atoms with Gasteiger partial charge in [0, 0.05) is 11.6 Å². The summed E-state index contributed by atoms with van der Waals surface area (Å²) in [4.78, 5) is 23.0. The molecule has 0 aliphatic carbocycles. The van der Waals surface area contributed by atoms with E-state index in [0.29, 0.717) is 11.1 Å². The molecular weight excluding hydrogens is 234 g/mol. The summed E-state index contributed by atoms with van der Waals surface area (Å²) in [6.07, 6.45) is 1.49. The van der Waals surface area contributed by atoms with E-state index in [1.807, 2.05) is 0 Å². The highest BCUT2D eigenvalue weighted by atomic mass is 16.5. The zero-order chi connectivity index (χ0) is 13.3. The van der Waals surface area contributed by atoms with Crippen molar-refractivity contribution >= 4 is 16.7 Å². The van der Waals surface area contributed by atoms with E-state index in [0.717, 1.165) is 5.39 Å². The summed E-state index contributed by atoms with van der Waals surface area (Å²) in [6.45, 7) is 1.47. The summed E-state index contributed by atoms with van der Waals surface area (Å²) in [5.74, 6) is -0.379. The average molecular weight is 247 g/mol. The predicted molar refractivity (Wildman–Crippen MR) is 67.1 cm³/mol. The molecule has 1 atom stereocenters. The Morgan fingerprint density at radius 3 is 2.72 bits per heavy atom. The molecule has 1 aromatic heterocycles. The van der Waals surface area contributed by atoms with Gasteiger partial charge in [-0.05, 0) is 36.6 Å². The van der Waals surface area contributed by atoms with Gasteiger partial charge in [0.1, 0.15) is 11.8 Å². The fourth-order valence-electron chi connectivity index (χ4n) is 1.79. The molecule has 0 aliphatic rings. The molecule has 1 N–H and O–H groups in total. The summed E-state index contributed by atoms with van der Waals surface area (Å²) in [5, 5.41) is 10.1. The third-order valence-electron chi connectivity index (χ3n) is 2.91. The normalized spacial score (nSPS) is 12.3. The maximum Gasteiger partial charge on any atom is 0.326 e. The number of aromatic nitrogens is 1. The van der Waals surface area contributed by atoms with Gasteiger partial charge < -0.3 is 14.4 Å². The lowest BCUT2D eigenvalue weighted by molar-refractivity contribution is -0.140. The Hall–Kier alpha value is -2.30. The first-order chi connectivity index (χ1) is 8.54. The van der Waals surface area contributed by atoms with Crippen molar-refractivity contribution in [2.24, 2.45) is 0 Å². The van der Waals surface area contributed by atoms with Crippen molar-refractivity contribution in [2.45, 2.75) is 13.0 Å². The number of carboxylic acid groups (broad SMARTS) is 1. The smallest absolute Gasteiger partial charge is 0.326 e. The van der Waals surface area contributed by atoms with Crippen LogP contribution in [0.1, 0.15) is 13.0 Å². The lowest BCUT2D eigenvalue weighted by atomic mass is 10.1. The third kappa shape index (κ3) is 1.95. The maximum atomic E-state index is 12.1. The topological polar surface area (TPSA) is 68.5 Å². The lowest BCUT2D eigenvalue weighted by Gasteiger charge is -2.11. The van der Waals surface area contributed by atoms with Crippen LogP contribution < -0.4 is 10.3 Å². The number of nitrogens with zero attached hydrogens (tertiary/aromatic N) is 1. The lowest BCUT2D eigenvalue weighted by Crippen LogP contribution is -2.27. The van der Waals surface area contributed by atoms with Gasteiger partial charge in [0.15, 0.2) is 0 Å². The quantitative estimate of drug-likeness (QED) is 0.895. The van der Waals surface area contributed by atoms with Crippen LogP contribution >= 0.6 is 0 Å². The molecule has 5 heteroatoms. The van der Waals surface area contributed by atoms with E-state index in [1.54, 1.807) is 31.4 Å². The molecule has 2 rings (SSSR count). The van der Waals surface area contributed by atoms with Crippen molar-refractivity contribution < 1.29 is 14.6 Å². The second-order valence-corrected chi connectivity index (χ2v) is 4.00. The molecule has 94 valence electrons. The van der Waals surface area contributed by atoms with Gasteiger partial charge >= 0.3 is 5.97 Å². The number of carbonyl (C=O) groups is 1. The highest BCUT2D eigenvalue weighted by Gasteiger charge is 2.15. The van der Waals surface area contributed by atoms with Crippen molar-refractivity contribution in [1.29, 1.82) is 0 Å². The molecule has 0 amide bonds. The van der Waals surface area contributed by atoms with Crippen LogP contribution in [0.2, 0.25) is 0 Å². The molecule has 0 saturated carbocycles. The molecule has 0 bridgehead atoms. The maximum absolute atomic E-state index is 12.1. The molecular formula is C13H13NO4. The van der Waals surface area contributed by atoms with Crippen molar-refractivity contribution in [2.75, 3.05) is 7.11 Å². The van der Waals surface area contributed by atoms with E-state index in [2.05, 4.69) is 0 Å². The zero-order valence-corrected chi connectivity index (χ0v) is 10.1. The fraction of sp³-hybridized carbons (Fsp3) is 0.231. The Labute approximate surface area is 103 Å². The predicted octanol–water partition coefficient (Wildman–Crippen LogP) is 1.66. The molecule has 1 aromatic carbocycles. The van der Waals surface area contributed by atoms with Crippen molar-refractivity contribution in [3.8, 4) is 5.75 Å². The second kappa shape index (κ2) is 4.52. The van der Waals surface area contributed by atoms with E-state index < -0.39 is 12.0 Å². The minimum atomic E-state index is -1.04. The molecule has 0 saturated heterocycles. The van der Waals surface area contributed by atoms with Crippen molar-refractivity contribution in [3.05, 3.63) is 40.8 Å².